The van der Waals surface area contributed by atoms with E-state index >= 15 is 0 Å². The molecule has 0 amide bonds. The van der Waals surface area contributed by atoms with Crippen molar-refractivity contribution in [1.82, 2.24) is 9.88 Å². The van der Waals surface area contributed by atoms with Gasteiger partial charge in [0.1, 0.15) is 11.5 Å². The quantitative estimate of drug-likeness (QED) is 0.886. The molecule has 0 saturated heterocycles. The minimum Gasteiger partial charge on any atom is -0.465 e. The van der Waals surface area contributed by atoms with Gasteiger partial charge in [-0.15, -0.1) is 11.3 Å². The minimum atomic E-state index is 0.622. The van der Waals surface area contributed by atoms with Crippen molar-refractivity contribution in [2.45, 2.75) is 20.0 Å². The molecular formula is C11H15N3OS. The molecule has 2 aromatic rings. The molecule has 0 aliphatic heterocycles. The van der Waals surface area contributed by atoms with Crippen molar-refractivity contribution in [2.75, 3.05) is 12.8 Å². The molecule has 0 atom stereocenters. The van der Waals surface area contributed by atoms with E-state index in [4.69, 9.17) is 10.2 Å². The third-order valence-corrected chi connectivity index (χ3v) is 2.95. The molecule has 16 heavy (non-hydrogen) atoms. The Morgan fingerprint density at radius 3 is 2.81 bits per heavy atom. The van der Waals surface area contributed by atoms with Crippen LogP contribution in [0.25, 0.3) is 0 Å². The van der Waals surface area contributed by atoms with Gasteiger partial charge >= 0.3 is 0 Å². The topological polar surface area (TPSA) is 55.3 Å². The van der Waals surface area contributed by atoms with Crippen molar-refractivity contribution < 1.29 is 4.42 Å². The van der Waals surface area contributed by atoms with Crippen LogP contribution in [0.5, 0.6) is 0 Å². The van der Waals surface area contributed by atoms with Gasteiger partial charge in [-0.3, -0.25) is 4.90 Å². The zero-order chi connectivity index (χ0) is 11.5. The predicted octanol–water partition coefficient (Wildman–Crippen LogP) is 2.26. The molecule has 0 fully saturated rings. The number of anilines is 1. The maximum absolute atomic E-state index is 5.58. The third kappa shape index (κ3) is 2.84. The normalized spacial score (nSPS) is 11.2. The summed E-state index contributed by atoms with van der Waals surface area (Å²) in [4.78, 5) is 6.37. The molecule has 2 heterocycles. The average molecular weight is 237 g/mol. The van der Waals surface area contributed by atoms with Crippen molar-refractivity contribution in [3.63, 3.8) is 0 Å². The predicted molar refractivity (Wildman–Crippen MR) is 65.1 cm³/mol. The van der Waals surface area contributed by atoms with Gasteiger partial charge in [-0.1, -0.05) is 0 Å². The molecule has 0 aliphatic rings. The van der Waals surface area contributed by atoms with Crippen LogP contribution in [0.4, 0.5) is 5.13 Å². The van der Waals surface area contributed by atoms with Gasteiger partial charge in [0.2, 0.25) is 0 Å². The molecule has 2 aromatic heterocycles. The number of rotatable bonds is 4. The molecule has 0 radical (unpaired) electrons. The van der Waals surface area contributed by atoms with Gasteiger partial charge in [0.05, 0.1) is 12.2 Å². The van der Waals surface area contributed by atoms with Crippen molar-refractivity contribution in [3.8, 4) is 0 Å². The summed E-state index contributed by atoms with van der Waals surface area (Å²) in [7, 11) is 2.04. The standard InChI is InChI=1S/C11H15N3OS/c1-8-3-4-10(15-8)6-14(2)5-9-7-16-11(12)13-9/h3-4,7H,5-6H2,1-2H3,(H2,12,13). The van der Waals surface area contributed by atoms with Gasteiger partial charge in [0.15, 0.2) is 5.13 Å². The maximum atomic E-state index is 5.58. The molecule has 0 spiro atoms. The SMILES string of the molecule is Cc1ccc(CN(C)Cc2csc(N)n2)o1. The molecule has 86 valence electrons. The number of nitrogen functional groups attached to an aromatic ring is 1. The zero-order valence-electron chi connectivity index (χ0n) is 9.43. The fourth-order valence-electron chi connectivity index (χ4n) is 1.56. The van der Waals surface area contributed by atoms with E-state index in [1.165, 1.54) is 11.3 Å². The Hall–Kier alpha value is -1.33. The van der Waals surface area contributed by atoms with Crippen LogP contribution in [0.3, 0.4) is 0 Å². The van der Waals surface area contributed by atoms with Crippen LogP contribution in [0.15, 0.2) is 21.9 Å². The second-order valence-electron chi connectivity index (χ2n) is 3.86. The Bertz CT molecular complexity index is 421. The number of thiazole rings is 1. The summed E-state index contributed by atoms with van der Waals surface area (Å²) in [5, 5.41) is 2.61. The third-order valence-electron chi connectivity index (χ3n) is 2.22. The highest BCUT2D eigenvalue weighted by molar-refractivity contribution is 7.13. The van der Waals surface area contributed by atoms with E-state index in [1.807, 2.05) is 31.5 Å². The zero-order valence-corrected chi connectivity index (χ0v) is 10.3. The van der Waals surface area contributed by atoms with Gasteiger partial charge in [0, 0.05) is 11.9 Å². The van der Waals surface area contributed by atoms with Crippen LogP contribution in [0, 0.1) is 6.92 Å². The molecule has 0 unspecified atom stereocenters. The Morgan fingerprint density at radius 1 is 1.44 bits per heavy atom. The first-order chi connectivity index (χ1) is 7.63. The van der Waals surface area contributed by atoms with Crippen LogP contribution < -0.4 is 5.73 Å². The molecule has 0 bridgehead atoms. The van der Waals surface area contributed by atoms with Gasteiger partial charge in [-0.25, -0.2) is 4.98 Å². The monoisotopic (exact) mass is 237 g/mol. The van der Waals surface area contributed by atoms with Crippen LogP contribution in [0.2, 0.25) is 0 Å². The second kappa shape index (κ2) is 4.67. The smallest absolute Gasteiger partial charge is 0.180 e. The molecule has 4 nitrogen and oxygen atoms in total. The Labute approximate surface area is 98.7 Å². The van der Waals surface area contributed by atoms with Crippen LogP contribution in [0.1, 0.15) is 17.2 Å². The summed E-state index contributed by atoms with van der Waals surface area (Å²) in [6, 6.07) is 3.98. The fourth-order valence-corrected chi connectivity index (χ4v) is 2.12. The number of nitrogens with two attached hydrogens (primary N) is 1. The first kappa shape index (κ1) is 11.2. The van der Waals surface area contributed by atoms with E-state index in [1.54, 1.807) is 0 Å². The molecule has 5 heteroatoms. The lowest BCUT2D eigenvalue weighted by Crippen LogP contribution is -2.17. The van der Waals surface area contributed by atoms with E-state index in [0.717, 1.165) is 30.3 Å². The number of aryl methyl sites for hydroxylation is 1. The lowest BCUT2D eigenvalue weighted by molar-refractivity contribution is 0.283. The minimum absolute atomic E-state index is 0.622. The van der Waals surface area contributed by atoms with Gasteiger partial charge in [-0.2, -0.15) is 0 Å². The Morgan fingerprint density at radius 2 is 2.25 bits per heavy atom. The summed E-state index contributed by atoms with van der Waals surface area (Å²) in [6.07, 6.45) is 0. The van der Waals surface area contributed by atoms with E-state index in [-0.39, 0.29) is 0 Å². The highest BCUT2D eigenvalue weighted by Gasteiger charge is 2.06. The number of furan rings is 1. The molecule has 2 rings (SSSR count). The highest BCUT2D eigenvalue weighted by Crippen LogP contribution is 2.14. The van der Waals surface area contributed by atoms with Crippen molar-refractivity contribution >= 4 is 16.5 Å². The van der Waals surface area contributed by atoms with Crippen molar-refractivity contribution in [1.29, 1.82) is 0 Å². The van der Waals surface area contributed by atoms with E-state index in [0.29, 0.717) is 5.13 Å². The van der Waals surface area contributed by atoms with E-state index in [2.05, 4.69) is 9.88 Å². The largest absolute Gasteiger partial charge is 0.465 e. The number of nitrogens with zero attached hydrogens (tertiary/aromatic N) is 2. The molecule has 0 saturated carbocycles. The van der Waals surface area contributed by atoms with Crippen molar-refractivity contribution in [2.24, 2.45) is 0 Å². The first-order valence-electron chi connectivity index (χ1n) is 5.07. The van der Waals surface area contributed by atoms with E-state index < -0.39 is 0 Å². The number of aromatic nitrogens is 1. The number of hydrogen-bond donors (Lipinski definition) is 1. The first-order valence-corrected chi connectivity index (χ1v) is 5.95. The van der Waals surface area contributed by atoms with E-state index in [9.17, 15) is 0 Å². The molecule has 2 N–H and O–H groups in total. The van der Waals surface area contributed by atoms with Gasteiger partial charge < -0.3 is 10.2 Å². The Kier molecular flexibility index (Phi) is 3.26. The van der Waals surface area contributed by atoms with Crippen LogP contribution >= 0.6 is 11.3 Å². The van der Waals surface area contributed by atoms with Gasteiger partial charge in [-0.05, 0) is 26.1 Å². The summed E-state index contributed by atoms with van der Waals surface area (Å²) in [6.45, 7) is 3.52. The lowest BCUT2D eigenvalue weighted by Gasteiger charge is -2.12. The summed E-state index contributed by atoms with van der Waals surface area (Å²) in [5.41, 5.74) is 6.59. The van der Waals surface area contributed by atoms with Crippen LogP contribution in [-0.4, -0.2) is 16.9 Å². The molecular weight excluding hydrogens is 222 g/mol. The summed E-state index contributed by atoms with van der Waals surface area (Å²) in [5.74, 6) is 1.92. The van der Waals surface area contributed by atoms with Crippen LogP contribution in [-0.2, 0) is 13.1 Å². The molecule has 0 aliphatic carbocycles. The second-order valence-corrected chi connectivity index (χ2v) is 4.75. The summed E-state index contributed by atoms with van der Waals surface area (Å²) < 4.78 is 5.51. The maximum Gasteiger partial charge on any atom is 0.180 e. The fraction of sp³-hybridized carbons (Fsp3) is 0.364. The molecule has 0 aromatic carbocycles. The van der Waals surface area contributed by atoms with Crippen molar-refractivity contribution in [3.05, 3.63) is 34.7 Å². The summed E-state index contributed by atoms with van der Waals surface area (Å²) >= 11 is 1.47. The average Bonchev–Trinajstić information content (AvgIpc) is 2.76. The number of hydrogen-bond acceptors (Lipinski definition) is 5. The Balaban J connectivity index is 1.91. The van der Waals surface area contributed by atoms with Gasteiger partial charge in [0.25, 0.3) is 0 Å². The highest BCUT2D eigenvalue weighted by atomic mass is 32.1. The lowest BCUT2D eigenvalue weighted by atomic mass is 10.4.